The topological polar surface area (TPSA) is 46.5 Å². The molecule has 0 aliphatic heterocycles. The molecular weight excluding hydrogens is 247 g/mol. The Kier molecular flexibility index (Phi) is 3.80. The zero-order chi connectivity index (χ0) is 13.8. The number of aromatic carboxylic acids is 1. The normalized spacial score (nSPS) is 10.2. The van der Waals surface area contributed by atoms with Crippen LogP contribution in [-0.2, 0) is 6.61 Å². The molecule has 0 atom stereocenters. The van der Waals surface area contributed by atoms with Crippen LogP contribution in [0.1, 0.15) is 21.5 Å². The SMILES string of the molecule is Cc1cc(C(=O)O)ccc1OCc1ccc(F)cc1. The van der Waals surface area contributed by atoms with Gasteiger partial charge in [-0.25, -0.2) is 9.18 Å². The van der Waals surface area contributed by atoms with E-state index in [4.69, 9.17) is 9.84 Å². The van der Waals surface area contributed by atoms with Crippen LogP contribution in [0.2, 0.25) is 0 Å². The minimum Gasteiger partial charge on any atom is -0.489 e. The largest absolute Gasteiger partial charge is 0.489 e. The van der Waals surface area contributed by atoms with Crippen molar-refractivity contribution in [2.45, 2.75) is 13.5 Å². The predicted octanol–water partition coefficient (Wildman–Crippen LogP) is 3.41. The maximum Gasteiger partial charge on any atom is 0.335 e. The van der Waals surface area contributed by atoms with E-state index >= 15 is 0 Å². The molecule has 2 rings (SSSR count). The lowest BCUT2D eigenvalue weighted by Crippen LogP contribution is -2.00. The molecule has 0 heterocycles. The molecule has 0 aliphatic carbocycles. The molecule has 0 radical (unpaired) electrons. The summed E-state index contributed by atoms with van der Waals surface area (Å²) in [5.74, 6) is -0.631. The van der Waals surface area contributed by atoms with Gasteiger partial charge in [0.2, 0.25) is 0 Å². The Balaban J connectivity index is 2.07. The van der Waals surface area contributed by atoms with E-state index in [2.05, 4.69) is 0 Å². The quantitative estimate of drug-likeness (QED) is 0.916. The number of hydrogen-bond donors (Lipinski definition) is 1. The fraction of sp³-hybridized carbons (Fsp3) is 0.133. The molecule has 4 heteroatoms. The maximum absolute atomic E-state index is 12.7. The lowest BCUT2D eigenvalue weighted by molar-refractivity contribution is 0.0696. The standard InChI is InChI=1S/C15H13FO3/c1-10-8-12(15(17)18)4-7-14(10)19-9-11-2-5-13(16)6-3-11/h2-8H,9H2,1H3,(H,17,18). The highest BCUT2D eigenvalue weighted by Crippen LogP contribution is 2.20. The van der Waals surface area contributed by atoms with Gasteiger partial charge in [-0.1, -0.05) is 12.1 Å². The highest BCUT2D eigenvalue weighted by Gasteiger charge is 2.06. The van der Waals surface area contributed by atoms with Crippen molar-refractivity contribution >= 4 is 5.97 Å². The van der Waals surface area contributed by atoms with Gasteiger partial charge in [-0.3, -0.25) is 0 Å². The first kappa shape index (κ1) is 13.1. The summed E-state index contributed by atoms with van der Waals surface area (Å²) in [6.07, 6.45) is 0. The van der Waals surface area contributed by atoms with Crippen molar-refractivity contribution < 1.29 is 19.0 Å². The highest BCUT2D eigenvalue weighted by molar-refractivity contribution is 5.88. The van der Waals surface area contributed by atoms with Crippen LogP contribution in [0.15, 0.2) is 42.5 Å². The third-order valence-corrected chi connectivity index (χ3v) is 2.73. The van der Waals surface area contributed by atoms with Gasteiger partial charge in [-0.05, 0) is 48.4 Å². The Bertz CT molecular complexity index is 591. The van der Waals surface area contributed by atoms with Crippen molar-refractivity contribution in [3.8, 4) is 5.75 Å². The molecule has 0 aromatic heterocycles. The molecule has 3 nitrogen and oxygen atoms in total. The lowest BCUT2D eigenvalue weighted by atomic mass is 10.1. The van der Waals surface area contributed by atoms with Crippen LogP contribution in [0.4, 0.5) is 4.39 Å². The van der Waals surface area contributed by atoms with Gasteiger partial charge in [-0.2, -0.15) is 0 Å². The summed E-state index contributed by atoms with van der Waals surface area (Å²) in [7, 11) is 0. The Morgan fingerprint density at radius 1 is 1.21 bits per heavy atom. The second-order valence-electron chi connectivity index (χ2n) is 4.20. The first-order valence-corrected chi connectivity index (χ1v) is 5.77. The minimum atomic E-state index is -0.965. The number of carboxylic acid groups (broad SMARTS) is 1. The van der Waals surface area contributed by atoms with E-state index in [0.29, 0.717) is 12.4 Å². The molecule has 98 valence electrons. The molecule has 1 N–H and O–H groups in total. The van der Waals surface area contributed by atoms with E-state index in [1.165, 1.54) is 18.2 Å². The number of ether oxygens (including phenoxy) is 1. The summed E-state index contributed by atoms with van der Waals surface area (Å²) in [5, 5.41) is 8.86. The molecule has 0 amide bonds. The van der Waals surface area contributed by atoms with Crippen LogP contribution in [0, 0.1) is 12.7 Å². The number of halogens is 1. The molecule has 19 heavy (non-hydrogen) atoms. The number of hydrogen-bond acceptors (Lipinski definition) is 2. The average molecular weight is 260 g/mol. The van der Waals surface area contributed by atoms with Crippen LogP contribution in [-0.4, -0.2) is 11.1 Å². The van der Waals surface area contributed by atoms with Gasteiger partial charge in [0.15, 0.2) is 0 Å². The van der Waals surface area contributed by atoms with Crippen molar-refractivity contribution in [3.05, 3.63) is 65.0 Å². The molecule has 2 aromatic rings. The molecule has 0 unspecified atom stereocenters. The molecule has 2 aromatic carbocycles. The number of carboxylic acids is 1. The zero-order valence-electron chi connectivity index (χ0n) is 10.4. The van der Waals surface area contributed by atoms with E-state index in [-0.39, 0.29) is 11.4 Å². The number of benzene rings is 2. The maximum atomic E-state index is 12.7. The van der Waals surface area contributed by atoms with Crippen LogP contribution < -0.4 is 4.74 Å². The van der Waals surface area contributed by atoms with E-state index < -0.39 is 5.97 Å². The monoisotopic (exact) mass is 260 g/mol. The van der Waals surface area contributed by atoms with E-state index in [1.54, 1.807) is 31.2 Å². The molecule has 0 spiro atoms. The molecule has 0 fully saturated rings. The second-order valence-corrected chi connectivity index (χ2v) is 4.20. The first-order chi connectivity index (χ1) is 9.06. The van der Waals surface area contributed by atoms with Crippen molar-refractivity contribution in [3.63, 3.8) is 0 Å². The summed E-state index contributed by atoms with van der Waals surface area (Å²) in [5.41, 5.74) is 1.83. The summed E-state index contributed by atoms with van der Waals surface area (Å²) in [4.78, 5) is 10.8. The van der Waals surface area contributed by atoms with Crippen LogP contribution in [0.3, 0.4) is 0 Å². The van der Waals surface area contributed by atoms with Gasteiger partial charge >= 0.3 is 5.97 Å². The van der Waals surface area contributed by atoms with Gasteiger partial charge in [0.1, 0.15) is 18.2 Å². The molecular formula is C15H13FO3. The number of aryl methyl sites for hydroxylation is 1. The lowest BCUT2D eigenvalue weighted by Gasteiger charge is -2.09. The smallest absolute Gasteiger partial charge is 0.335 e. The van der Waals surface area contributed by atoms with Gasteiger partial charge in [0.25, 0.3) is 0 Å². The third kappa shape index (κ3) is 3.31. The summed E-state index contributed by atoms with van der Waals surface area (Å²) >= 11 is 0. The zero-order valence-corrected chi connectivity index (χ0v) is 10.4. The van der Waals surface area contributed by atoms with E-state index in [9.17, 15) is 9.18 Å². The summed E-state index contributed by atoms with van der Waals surface area (Å²) in [6, 6.07) is 10.7. The van der Waals surface area contributed by atoms with E-state index in [0.717, 1.165) is 11.1 Å². The fourth-order valence-electron chi connectivity index (χ4n) is 1.69. The van der Waals surface area contributed by atoms with Crippen molar-refractivity contribution in [2.24, 2.45) is 0 Å². The Morgan fingerprint density at radius 2 is 1.89 bits per heavy atom. The average Bonchev–Trinajstić information content (AvgIpc) is 2.39. The second kappa shape index (κ2) is 5.52. The number of rotatable bonds is 4. The molecule has 0 bridgehead atoms. The first-order valence-electron chi connectivity index (χ1n) is 5.77. The highest BCUT2D eigenvalue weighted by atomic mass is 19.1. The van der Waals surface area contributed by atoms with Crippen molar-refractivity contribution in [1.29, 1.82) is 0 Å². The third-order valence-electron chi connectivity index (χ3n) is 2.73. The molecule has 0 aliphatic rings. The van der Waals surface area contributed by atoms with Crippen LogP contribution >= 0.6 is 0 Å². The van der Waals surface area contributed by atoms with Gasteiger partial charge < -0.3 is 9.84 Å². The van der Waals surface area contributed by atoms with Gasteiger partial charge in [0, 0.05) is 0 Å². The Labute approximate surface area is 110 Å². The van der Waals surface area contributed by atoms with Crippen LogP contribution in [0.25, 0.3) is 0 Å². The predicted molar refractivity (Wildman–Crippen MR) is 68.9 cm³/mol. The fourth-order valence-corrected chi connectivity index (χ4v) is 1.69. The molecule has 0 saturated carbocycles. The van der Waals surface area contributed by atoms with E-state index in [1.807, 2.05) is 0 Å². The summed E-state index contributed by atoms with van der Waals surface area (Å²) < 4.78 is 18.3. The van der Waals surface area contributed by atoms with Gasteiger partial charge in [-0.15, -0.1) is 0 Å². The van der Waals surface area contributed by atoms with Crippen LogP contribution in [0.5, 0.6) is 5.75 Å². The minimum absolute atomic E-state index is 0.228. The Hall–Kier alpha value is -2.36. The van der Waals surface area contributed by atoms with Gasteiger partial charge in [0.05, 0.1) is 5.56 Å². The van der Waals surface area contributed by atoms with Crippen molar-refractivity contribution in [2.75, 3.05) is 0 Å². The number of carbonyl (C=O) groups is 1. The van der Waals surface area contributed by atoms with Crippen molar-refractivity contribution in [1.82, 2.24) is 0 Å². The molecule has 0 saturated heterocycles. The Morgan fingerprint density at radius 3 is 2.47 bits per heavy atom. The summed E-state index contributed by atoms with van der Waals surface area (Å²) in [6.45, 7) is 2.10.